The molecule has 0 fully saturated rings. The fourth-order valence-corrected chi connectivity index (χ4v) is 2.22. The summed E-state index contributed by atoms with van der Waals surface area (Å²) in [7, 11) is 1.68. The first-order valence-electron chi connectivity index (χ1n) is 6.88. The van der Waals surface area contributed by atoms with E-state index in [1.165, 1.54) is 29.0 Å². The van der Waals surface area contributed by atoms with Crippen molar-refractivity contribution in [3.05, 3.63) is 57.9 Å². The molecule has 1 heterocycles. The lowest BCUT2D eigenvalue weighted by Gasteiger charge is -2.07. The highest BCUT2D eigenvalue weighted by Crippen LogP contribution is 2.29. The molecule has 4 nitrogen and oxygen atoms in total. The maximum Gasteiger partial charge on any atom is 0.416 e. The predicted molar refractivity (Wildman–Crippen MR) is 83.2 cm³/mol. The monoisotopic (exact) mass is 358 g/mol. The fourth-order valence-electron chi connectivity index (χ4n) is 1.98. The largest absolute Gasteiger partial charge is 0.458 e. The van der Waals surface area contributed by atoms with Gasteiger partial charge in [-0.25, -0.2) is 4.79 Å². The Kier molecular flexibility index (Phi) is 5.33. The van der Waals surface area contributed by atoms with Crippen molar-refractivity contribution < 1.29 is 22.7 Å². The Hall–Kier alpha value is -2.28. The molecule has 0 bridgehead atoms. The second kappa shape index (κ2) is 7.09. The summed E-state index contributed by atoms with van der Waals surface area (Å²) < 4.78 is 43.8. The Bertz CT molecular complexity index is 765. The van der Waals surface area contributed by atoms with Crippen LogP contribution in [0.5, 0.6) is 0 Å². The van der Waals surface area contributed by atoms with Gasteiger partial charge >= 0.3 is 12.1 Å². The number of benzene rings is 1. The third-order valence-electron chi connectivity index (χ3n) is 3.24. The summed E-state index contributed by atoms with van der Waals surface area (Å²) in [4.78, 5) is 11.7. The van der Waals surface area contributed by atoms with Gasteiger partial charge in [0.15, 0.2) is 0 Å². The minimum atomic E-state index is -4.39. The number of aryl methyl sites for hydroxylation is 2. The SMILES string of the molecule is Cc1nn(C)c(Cl)c1/C=C/C(=O)OCc1ccc(C(F)(F)F)cc1. The fraction of sp³-hybridized carbons (Fsp3) is 0.250. The molecule has 0 aliphatic rings. The van der Waals surface area contributed by atoms with Crippen LogP contribution in [0.2, 0.25) is 5.15 Å². The molecule has 8 heteroatoms. The zero-order valence-electron chi connectivity index (χ0n) is 12.9. The molecule has 0 unspecified atom stereocenters. The van der Waals surface area contributed by atoms with Gasteiger partial charge in [-0.3, -0.25) is 4.68 Å². The molecule has 0 radical (unpaired) electrons. The highest BCUT2D eigenvalue weighted by atomic mass is 35.5. The van der Waals surface area contributed by atoms with Crippen LogP contribution in [-0.2, 0) is 29.4 Å². The van der Waals surface area contributed by atoms with E-state index >= 15 is 0 Å². The molecule has 1 aromatic carbocycles. The lowest BCUT2D eigenvalue weighted by molar-refractivity contribution is -0.139. The van der Waals surface area contributed by atoms with Gasteiger partial charge in [-0.2, -0.15) is 18.3 Å². The molecular weight excluding hydrogens is 345 g/mol. The molecule has 0 N–H and O–H groups in total. The topological polar surface area (TPSA) is 44.1 Å². The summed E-state index contributed by atoms with van der Waals surface area (Å²) in [5, 5.41) is 4.49. The molecule has 0 amide bonds. The van der Waals surface area contributed by atoms with E-state index in [4.69, 9.17) is 16.3 Å². The number of alkyl halides is 3. The second-order valence-corrected chi connectivity index (χ2v) is 5.41. The summed E-state index contributed by atoms with van der Waals surface area (Å²) in [6.45, 7) is 1.63. The van der Waals surface area contributed by atoms with Gasteiger partial charge < -0.3 is 4.74 Å². The maximum atomic E-state index is 12.5. The number of hydrogen-bond donors (Lipinski definition) is 0. The van der Waals surface area contributed by atoms with Gasteiger partial charge in [0.25, 0.3) is 0 Å². The summed E-state index contributed by atoms with van der Waals surface area (Å²) in [6.07, 6.45) is -1.71. The van der Waals surface area contributed by atoms with Crippen molar-refractivity contribution in [3.8, 4) is 0 Å². The minimum absolute atomic E-state index is 0.124. The predicted octanol–water partition coefficient (Wildman–Crippen LogP) is 4.16. The third-order valence-corrected chi connectivity index (χ3v) is 3.69. The number of nitrogens with zero attached hydrogens (tertiary/aromatic N) is 2. The lowest BCUT2D eigenvalue weighted by atomic mass is 10.1. The lowest BCUT2D eigenvalue weighted by Crippen LogP contribution is -2.05. The van der Waals surface area contributed by atoms with E-state index in [2.05, 4.69) is 5.10 Å². The summed E-state index contributed by atoms with van der Waals surface area (Å²) in [6, 6.07) is 4.42. The van der Waals surface area contributed by atoms with Crippen LogP contribution < -0.4 is 0 Å². The average molecular weight is 359 g/mol. The molecule has 0 atom stereocenters. The van der Waals surface area contributed by atoms with Crippen molar-refractivity contribution >= 4 is 23.6 Å². The van der Waals surface area contributed by atoms with Gasteiger partial charge in [0.2, 0.25) is 0 Å². The quantitative estimate of drug-likeness (QED) is 0.609. The molecule has 2 rings (SSSR count). The van der Waals surface area contributed by atoms with Crippen LogP contribution in [0.3, 0.4) is 0 Å². The number of ether oxygens (including phenoxy) is 1. The van der Waals surface area contributed by atoms with Gasteiger partial charge in [0.05, 0.1) is 11.3 Å². The van der Waals surface area contributed by atoms with Crippen LogP contribution in [0.4, 0.5) is 13.2 Å². The smallest absolute Gasteiger partial charge is 0.416 e. The number of halogens is 4. The summed E-state index contributed by atoms with van der Waals surface area (Å²) in [5.41, 5.74) is 0.972. The molecular formula is C16H14ClF3N2O2. The van der Waals surface area contributed by atoms with E-state index in [1.807, 2.05) is 0 Å². The van der Waals surface area contributed by atoms with Crippen molar-refractivity contribution in [1.29, 1.82) is 0 Å². The molecule has 1 aromatic heterocycles. The zero-order chi connectivity index (χ0) is 17.9. The van der Waals surface area contributed by atoms with Crippen molar-refractivity contribution in [2.24, 2.45) is 7.05 Å². The molecule has 24 heavy (non-hydrogen) atoms. The Morgan fingerprint density at radius 2 is 1.96 bits per heavy atom. The average Bonchev–Trinajstić information content (AvgIpc) is 2.75. The van der Waals surface area contributed by atoms with E-state index in [9.17, 15) is 18.0 Å². The first-order chi connectivity index (χ1) is 11.2. The van der Waals surface area contributed by atoms with Gasteiger partial charge in [-0.15, -0.1) is 0 Å². The van der Waals surface area contributed by atoms with Crippen LogP contribution in [0.1, 0.15) is 22.4 Å². The highest BCUT2D eigenvalue weighted by Gasteiger charge is 2.29. The highest BCUT2D eigenvalue weighted by molar-refractivity contribution is 6.31. The molecule has 0 saturated carbocycles. The summed E-state index contributed by atoms with van der Waals surface area (Å²) in [5.74, 6) is -0.630. The Balaban J connectivity index is 1.95. The van der Waals surface area contributed by atoms with E-state index in [0.29, 0.717) is 22.0 Å². The molecule has 0 aliphatic carbocycles. The Labute approximate surface area is 141 Å². The summed E-state index contributed by atoms with van der Waals surface area (Å²) >= 11 is 6.03. The van der Waals surface area contributed by atoms with Crippen LogP contribution in [0.15, 0.2) is 30.3 Å². The zero-order valence-corrected chi connectivity index (χ0v) is 13.6. The third kappa shape index (κ3) is 4.38. The van der Waals surface area contributed by atoms with Crippen LogP contribution in [0, 0.1) is 6.92 Å². The Morgan fingerprint density at radius 1 is 1.33 bits per heavy atom. The van der Waals surface area contributed by atoms with Crippen molar-refractivity contribution in [3.63, 3.8) is 0 Å². The number of rotatable bonds is 4. The number of carbonyl (C=O) groups is 1. The van der Waals surface area contributed by atoms with E-state index < -0.39 is 17.7 Å². The molecule has 128 valence electrons. The van der Waals surface area contributed by atoms with E-state index in [1.54, 1.807) is 14.0 Å². The normalized spacial score (nSPS) is 11.9. The molecule has 2 aromatic rings. The van der Waals surface area contributed by atoms with Crippen LogP contribution in [0.25, 0.3) is 6.08 Å². The van der Waals surface area contributed by atoms with Gasteiger partial charge in [-0.05, 0) is 30.7 Å². The number of aromatic nitrogens is 2. The van der Waals surface area contributed by atoms with Gasteiger partial charge in [0.1, 0.15) is 11.8 Å². The first kappa shape index (κ1) is 18.1. The van der Waals surface area contributed by atoms with E-state index in [0.717, 1.165) is 12.1 Å². The standard InChI is InChI=1S/C16H14ClF3N2O2/c1-10-13(15(17)22(2)21-10)7-8-14(23)24-9-11-3-5-12(6-4-11)16(18,19)20/h3-8H,9H2,1-2H3/b8-7+. The van der Waals surface area contributed by atoms with Gasteiger partial charge in [-0.1, -0.05) is 23.7 Å². The van der Waals surface area contributed by atoms with Gasteiger partial charge in [0, 0.05) is 18.7 Å². The first-order valence-corrected chi connectivity index (χ1v) is 7.26. The maximum absolute atomic E-state index is 12.5. The number of hydrogen-bond acceptors (Lipinski definition) is 3. The molecule has 0 spiro atoms. The second-order valence-electron chi connectivity index (χ2n) is 5.05. The van der Waals surface area contributed by atoms with Crippen molar-refractivity contribution in [2.75, 3.05) is 0 Å². The van der Waals surface area contributed by atoms with Crippen molar-refractivity contribution in [1.82, 2.24) is 9.78 Å². The van der Waals surface area contributed by atoms with Crippen LogP contribution in [-0.4, -0.2) is 15.7 Å². The minimum Gasteiger partial charge on any atom is -0.458 e. The number of carbonyl (C=O) groups excluding carboxylic acids is 1. The number of esters is 1. The Morgan fingerprint density at radius 3 is 2.46 bits per heavy atom. The van der Waals surface area contributed by atoms with Crippen LogP contribution >= 0.6 is 11.6 Å². The van der Waals surface area contributed by atoms with Crippen molar-refractivity contribution in [2.45, 2.75) is 19.7 Å². The molecule has 0 aliphatic heterocycles. The van der Waals surface area contributed by atoms with E-state index in [-0.39, 0.29) is 6.61 Å². The molecule has 0 saturated heterocycles.